The van der Waals surface area contributed by atoms with E-state index in [1.54, 1.807) is 10.9 Å². The molecule has 4 aromatic rings. The van der Waals surface area contributed by atoms with E-state index in [1.807, 2.05) is 55.8 Å². The number of thiazole rings is 1. The molecule has 3 aromatic heterocycles. The molecule has 0 aliphatic carbocycles. The summed E-state index contributed by atoms with van der Waals surface area (Å²) in [7, 11) is 0. The van der Waals surface area contributed by atoms with Gasteiger partial charge in [0.2, 0.25) is 5.95 Å². The Hall–Kier alpha value is -4.20. The molecule has 13 heteroatoms. The predicted octanol–water partition coefficient (Wildman–Crippen LogP) is 2.05. The van der Waals surface area contributed by atoms with E-state index in [4.69, 9.17) is 5.73 Å². The van der Waals surface area contributed by atoms with Gasteiger partial charge in [-0.3, -0.25) is 9.59 Å². The molecule has 12 nitrogen and oxygen atoms in total. The van der Waals surface area contributed by atoms with Crippen LogP contribution in [0, 0.1) is 0 Å². The van der Waals surface area contributed by atoms with Crippen molar-refractivity contribution in [2.75, 3.05) is 17.6 Å². The highest BCUT2D eigenvalue weighted by atomic mass is 32.1. The minimum absolute atomic E-state index is 0.0244. The van der Waals surface area contributed by atoms with E-state index >= 15 is 0 Å². The number of aliphatic hydroxyl groups is 2. The van der Waals surface area contributed by atoms with Gasteiger partial charge in [0.1, 0.15) is 12.1 Å². The van der Waals surface area contributed by atoms with Gasteiger partial charge in [-0.1, -0.05) is 19.1 Å². The van der Waals surface area contributed by atoms with Gasteiger partial charge in [-0.05, 0) is 36.6 Å². The van der Waals surface area contributed by atoms with Gasteiger partial charge >= 0.3 is 0 Å². The third kappa shape index (κ3) is 5.43. The van der Waals surface area contributed by atoms with E-state index < -0.39 is 29.9 Å². The normalized spacial score (nSPS) is 16.8. The van der Waals surface area contributed by atoms with Crippen molar-refractivity contribution in [2.24, 2.45) is 0 Å². The second-order valence-electron chi connectivity index (χ2n) is 9.61. The molecule has 0 fully saturated rings. The van der Waals surface area contributed by atoms with Crippen molar-refractivity contribution in [3.05, 3.63) is 76.8 Å². The zero-order valence-electron chi connectivity index (χ0n) is 22.0. The van der Waals surface area contributed by atoms with Crippen molar-refractivity contribution in [1.82, 2.24) is 29.6 Å². The Labute approximate surface area is 234 Å². The number of aromatic nitrogens is 5. The number of nitrogens with two attached hydrogens (primary N) is 1. The second kappa shape index (κ2) is 11.5. The lowest BCUT2D eigenvalue weighted by Gasteiger charge is -2.28. The molecule has 5 rings (SSSR count). The van der Waals surface area contributed by atoms with Crippen molar-refractivity contribution in [3.63, 3.8) is 0 Å². The van der Waals surface area contributed by atoms with Crippen LogP contribution in [0.4, 0.5) is 11.1 Å². The van der Waals surface area contributed by atoms with Crippen LogP contribution in [-0.4, -0.2) is 70.3 Å². The number of rotatable bonds is 10. The van der Waals surface area contributed by atoms with Crippen LogP contribution in [0.2, 0.25) is 0 Å². The summed E-state index contributed by atoms with van der Waals surface area (Å²) in [6.07, 6.45) is 1.14. The lowest BCUT2D eigenvalue weighted by Crippen LogP contribution is -2.47. The van der Waals surface area contributed by atoms with Gasteiger partial charge < -0.3 is 26.2 Å². The maximum absolute atomic E-state index is 13.5. The number of nitrogens with zero attached hydrogens (tertiary/aromatic N) is 6. The Morgan fingerprint density at radius 1 is 1.20 bits per heavy atom. The average Bonchev–Trinajstić information content (AvgIpc) is 3.72. The summed E-state index contributed by atoms with van der Waals surface area (Å²) in [5, 5.41) is 31.4. The number of Topliss-reactive ketones (excluding diaryl/α,β-unsaturated/α-hetero) is 1. The van der Waals surface area contributed by atoms with Crippen molar-refractivity contribution in [2.45, 2.75) is 51.0 Å². The van der Waals surface area contributed by atoms with Crippen LogP contribution in [0.3, 0.4) is 0 Å². The number of aliphatic hydroxyl groups excluding tert-OH is 2. The van der Waals surface area contributed by atoms with Gasteiger partial charge in [0.05, 0.1) is 23.6 Å². The van der Waals surface area contributed by atoms with Crippen LogP contribution in [-0.2, 0) is 16.1 Å². The highest BCUT2D eigenvalue weighted by molar-refractivity contribution is 7.13. The number of benzene rings is 1. The van der Waals surface area contributed by atoms with Gasteiger partial charge in [-0.25, -0.2) is 19.6 Å². The fourth-order valence-electron chi connectivity index (χ4n) is 4.78. The number of hydrogen-bond donors (Lipinski definition) is 4. The lowest BCUT2D eigenvalue weighted by atomic mass is 9.92. The van der Waals surface area contributed by atoms with E-state index in [0.717, 1.165) is 11.3 Å². The topological polar surface area (TPSA) is 172 Å². The largest absolute Gasteiger partial charge is 0.382 e. The minimum Gasteiger partial charge on any atom is -0.382 e. The van der Waals surface area contributed by atoms with Gasteiger partial charge in [0.25, 0.3) is 5.91 Å². The third-order valence-electron chi connectivity index (χ3n) is 6.88. The molecule has 0 radical (unpaired) electrons. The highest BCUT2D eigenvalue weighted by Gasteiger charge is 2.42. The van der Waals surface area contributed by atoms with Crippen molar-refractivity contribution in [1.29, 1.82) is 0 Å². The monoisotopic (exact) mass is 562 g/mol. The van der Waals surface area contributed by atoms with Crippen molar-refractivity contribution in [3.8, 4) is 5.69 Å². The third-order valence-corrected chi connectivity index (χ3v) is 7.70. The van der Waals surface area contributed by atoms with Crippen LogP contribution in [0.25, 0.3) is 5.69 Å². The first-order valence-electron chi connectivity index (χ1n) is 12.9. The van der Waals surface area contributed by atoms with Crippen LogP contribution < -0.4 is 11.1 Å². The van der Waals surface area contributed by atoms with Crippen molar-refractivity contribution >= 4 is 34.1 Å². The number of nitrogens with one attached hydrogen (secondary N) is 1. The molecule has 0 spiro atoms. The molecule has 0 saturated heterocycles. The molecule has 0 saturated carbocycles. The summed E-state index contributed by atoms with van der Waals surface area (Å²) in [5.74, 6) is -1.64. The van der Waals surface area contributed by atoms with E-state index in [-0.39, 0.29) is 24.8 Å². The first kappa shape index (κ1) is 27.4. The Balaban J connectivity index is 1.29. The fraction of sp³-hybridized carbons (Fsp3) is 0.333. The SMILES string of the molecule is CCNc1nc([C@H]2c3cnc(N)nc3CN2C(=O)[C@H](O)[C@@H](O)C(=O)C[C@H](C)c2ccc(-n3cccn3)cc2)cs1. The number of carbonyl (C=O) groups is 2. The smallest absolute Gasteiger partial charge is 0.255 e. The van der Waals surface area contributed by atoms with Crippen LogP contribution >= 0.6 is 11.3 Å². The maximum atomic E-state index is 13.5. The summed E-state index contributed by atoms with van der Waals surface area (Å²) in [6.45, 7) is 4.50. The molecule has 1 amide bonds. The Kier molecular flexibility index (Phi) is 7.87. The molecule has 208 valence electrons. The van der Waals surface area contributed by atoms with Gasteiger partial charge in [-0.2, -0.15) is 5.10 Å². The summed E-state index contributed by atoms with van der Waals surface area (Å²) in [5.41, 5.74) is 9.22. The number of carbonyl (C=O) groups excluding carboxylic acids is 2. The average molecular weight is 563 g/mol. The minimum atomic E-state index is -1.96. The number of amides is 1. The number of hydrogen-bond acceptors (Lipinski definition) is 11. The molecular formula is C27H30N8O4S. The van der Waals surface area contributed by atoms with E-state index in [1.165, 1.54) is 22.4 Å². The van der Waals surface area contributed by atoms with Gasteiger partial charge in [0.15, 0.2) is 17.0 Å². The first-order valence-corrected chi connectivity index (χ1v) is 13.7. The van der Waals surface area contributed by atoms with E-state index in [9.17, 15) is 19.8 Å². The standard InChI is InChI=1S/C27H30N8O4S/c1-3-29-27-33-20(14-40-27)22-18-12-30-26(28)32-19(18)13-34(22)25(39)24(38)23(37)21(36)11-15(2)16-5-7-17(8-6-16)35-10-4-9-31-35/h4-10,12,14-15,22-24,37-38H,3,11,13H2,1-2H3,(H,29,33)(H2,28,30,32)/t15-,22+,23-,24+/m0/s1. The zero-order chi connectivity index (χ0) is 28.4. The molecule has 0 unspecified atom stereocenters. The Bertz CT molecular complexity index is 1490. The predicted molar refractivity (Wildman–Crippen MR) is 149 cm³/mol. The Morgan fingerprint density at radius 3 is 2.67 bits per heavy atom. The summed E-state index contributed by atoms with van der Waals surface area (Å²) < 4.78 is 1.72. The summed E-state index contributed by atoms with van der Waals surface area (Å²) in [4.78, 5) is 40.7. The van der Waals surface area contributed by atoms with Crippen LogP contribution in [0.5, 0.6) is 0 Å². The molecule has 0 bridgehead atoms. The summed E-state index contributed by atoms with van der Waals surface area (Å²) in [6, 6.07) is 8.68. The molecule has 1 aliphatic heterocycles. The molecule has 40 heavy (non-hydrogen) atoms. The number of ketones is 1. The van der Waals surface area contributed by atoms with E-state index in [0.29, 0.717) is 28.6 Å². The quantitative estimate of drug-likeness (QED) is 0.224. The lowest BCUT2D eigenvalue weighted by molar-refractivity contribution is -0.153. The molecule has 4 atom stereocenters. The number of anilines is 2. The van der Waals surface area contributed by atoms with E-state index in [2.05, 4.69) is 25.4 Å². The van der Waals surface area contributed by atoms with Gasteiger partial charge in [0, 0.05) is 42.5 Å². The van der Waals surface area contributed by atoms with Gasteiger partial charge in [-0.15, -0.1) is 11.3 Å². The number of fused-ring (bicyclic) bond motifs is 1. The molecule has 4 heterocycles. The fourth-order valence-corrected chi connectivity index (χ4v) is 5.58. The highest BCUT2D eigenvalue weighted by Crippen LogP contribution is 2.39. The Morgan fingerprint density at radius 2 is 1.98 bits per heavy atom. The molecular weight excluding hydrogens is 532 g/mol. The van der Waals surface area contributed by atoms with Crippen molar-refractivity contribution < 1.29 is 19.8 Å². The molecule has 1 aromatic carbocycles. The zero-order valence-corrected chi connectivity index (χ0v) is 22.8. The maximum Gasteiger partial charge on any atom is 0.255 e. The first-order chi connectivity index (χ1) is 19.3. The molecule has 5 N–H and O–H groups in total. The summed E-state index contributed by atoms with van der Waals surface area (Å²) >= 11 is 1.38. The van der Waals surface area contributed by atoms with Crippen LogP contribution in [0.1, 0.15) is 54.7 Å². The molecule has 1 aliphatic rings. The van der Waals surface area contributed by atoms with Crippen LogP contribution in [0.15, 0.2) is 54.3 Å². The second-order valence-corrected chi connectivity index (χ2v) is 10.5. The number of nitrogen functional groups attached to an aromatic ring is 1.